The average Bonchev–Trinajstić information content (AvgIpc) is 2.65. The number of hydrogen-bond acceptors (Lipinski definition) is 3. The van der Waals surface area contributed by atoms with Crippen molar-refractivity contribution in [1.82, 2.24) is 9.55 Å². The van der Waals surface area contributed by atoms with Crippen LogP contribution in [0.5, 0.6) is 11.5 Å². The maximum atomic E-state index is 5.28. The zero-order valence-electron chi connectivity index (χ0n) is 11.5. The van der Waals surface area contributed by atoms with E-state index in [2.05, 4.69) is 20.9 Å². The lowest BCUT2D eigenvalue weighted by molar-refractivity contribution is 0.393. The number of rotatable bonds is 4. The second kappa shape index (κ2) is 5.65. The van der Waals surface area contributed by atoms with Crippen molar-refractivity contribution >= 4 is 15.9 Å². The number of hydrogen-bond donors (Lipinski definition) is 0. The summed E-state index contributed by atoms with van der Waals surface area (Å²) in [6.45, 7) is 1.99. The fourth-order valence-corrected chi connectivity index (χ4v) is 2.41. The normalized spacial score (nSPS) is 10.6. The van der Waals surface area contributed by atoms with Gasteiger partial charge in [-0.25, -0.2) is 4.98 Å². The molecule has 0 saturated carbocycles. The molecule has 1 aromatic carbocycles. The molecule has 1 heterocycles. The van der Waals surface area contributed by atoms with E-state index < -0.39 is 0 Å². The molecule has 0 fully saturated rings. The molecule has 1 aromatic heterocycles. The SMILES string of the molecule is COc1cc(Cc2nc(C)n(C)c2Br)cc(OC)c1. The van der Waals surface area contributed by atoms with Gasteiger partial charge >= 0.3 is 0 Å². The first-order chi connectivity index (χ1) is 9.05. The molecule has 0 saturated heterocycles. The number of ether oxygens (including phenoxy) is 2. The second-order valence-corrected chi connectivity index (χ2v) is 5.10. The Balaban J connectivity index is 2.34. The highest BCUT2D eigenvalue weighted by molar-refractivity contribution is 9.10. The summed E-state index contributed by atoms with van der Waals surface area (Å²) in [5.74, 6) is 2.56. The fraction of sp³-hybridized carbons (Fsp3) is 0.357. The Morgan fingerprint density at radius 1 is 1.16 bits per heavy atom. The van der Waals surface area contributed by atoms with Crippen LogP contribution >= 0.6 is 15.9 Å². The Labute approximate surface area is 121 Å². The van der Waals surface area contributed by atoms with Crippen LogP contribution in [0.15, 0.2) is 22.8 Å². The topological polar surface area (TPSA) is 36.3 Å². The first kappa shape index (κ1) is 13.9. The summed E-state index contributed by atoms with van der Waals surface area (Å²) in [5, 5.41) is 0. The molecule has 0 aliphatic heterocycles. The minimum atomic E-state index is 0.732. The van der Waals surface area contributed by atoms with Gasteiger partial charge in [0.15, 0.2) is 0 Å². The Kier molecular flexibility index (Phi) is 4.14. The van der Waals surface area contributed by atoms with E-state index in [1.54, 1.807) is 14.2 Å². The Hall–Kier alpha value is -1.49. The first-order valence-electron chi connectivity index (χ1n) is 5.94. The van der Waals surface area contributed by atoms with Gasteiger partial charge in [-0.2, -0.15) is 0 Å². The van der Waals surface area contributed by atoms with Gasteiger partial charge in [-0.15, -0.1) is 0 Å². The van der Waals surface area contributed by atoms with Crippen molar-refractivity contribution in [3.05, 3.63) is 39.9 Å². The first-order valence-corrected chi connectivity index (χ1v) is 6.74. The zero-order chi connectivity index (χ0) is 14.0. The van der Waals surface area contributed by atoms with Gasteiger partial charge in [-0.3, -0.25) is 0 Å². The number of aromatic nitrogens is 2. The standard InChI is InChI=1S/C14H17BrN2O2/c1-9-16-13(14(15)17(9)2)7-10-5-11(18-3)8-12(6-10)19-4/h5-6,8H,7H2,1-4H3. The maximum absolute atomic E-state index is 5.28. The van der Waals surface area contributed by atoms with Crippen LogP contribution in [-0.2, 0) is 13.5 Å². The molecule has 0 atom stereocenters. The molecular weight excluding hydrogens is 308 g/mol. The van der Waals surface area contributed by atoms with E-state index in [0.29, 0.717) is 0 Å². The monoisotopic (exact) mass is 324 g/mol. The van der Waals surface area contributed by atoms with Gasteiger partial charge in [-0.1, -0.05) is 0 Å². The fourth-order valence-electron chi connectivity index (χ4n) is 1.93. The van der Waals surface area contributed by atoms with Gasteiger partial charge < -0.3 is 14.0 Å². The molecule has 102 valence electrons. The number of methoxy groups -OCH3 is 2. The zero-order valence-corrected chi connectivity index (χ0v) is 13.1. The molecule has 0 aliphatic rings. The van der Waals surface area contributed by atoms with Gasteiger partial charge in [0, 0.05) is 19.5 Å². The lowest BCUT2D eigenvalue weighted by atomic mass is 10.1. The highest BCUT2D eigenvalue weighted by atomic mass is 79.9. The van der Waals surface area contributed by atoms with Crippen LogP contribution < -0.4 is 9.47 Å². The van der Waals surface area contributed by atoms with Gasteiger partial charge in [0.25, 0.3) is 0 Å². The maximum Gasteiger partial charge on any atom is 0.122 e. The van der Waals surface area contributed by atoms with E-state index in [9.17, 15) is 0 Å². The molecule has 5 heteroatoms. The molecule has 0 radical (unpaired) electrons. The summed E-state index contributed by atoms with van der Waals surface area (Å²) >= 11 is 3.57. The molecule has 0 aliphatic carbocycles. The van der Waals surface area contributed by atoms with Crippen molar-refractivity contribution in [3.63, 3.8) is 0 Å². The summed E-state index contributed by atoms with van der Waals surface area (Å²) in [6.07, 6.45) is 0.732. The minimum absolute atomic E-state index is 0.732. The Morgan fingerprint density at radius 3 is 2.16 bits per heavy atom. The second-order valence-electron chi connectivity index (χ2n) is 4.35. The third kappa shape index (κ3) is 2.92. The van der Waals surface area contributed by atoms with E-state index in [0.717, 1.165) is 39.6 Å². The van der Waals surface area contributed by atoms with Gasteiger partial charge in [0.1, 0.15) is 21.9 Å². The molecule has 2 aromatic rings. The minimum Gasteiger partial charge on any atom is -0.497 e. The van der Waals surface area contributed by atoms with Crippen LogP contribution in [0.1, 0.15) is 17.1 Å². The van der Waals surface area contributed by atoms with Gasteiger partial charge in [-0.05, 0) is 40.5 Å². The van der Waals surface area contributed by atoms with Gasteiger partial charge in [0.2, 0.25) is 0 Å². The van der Waals surface area contributed by atoms with E-state index in [1.165, 1.54) is 0 Å². The summed E-state index contributed by atoms with van der Waals surface area (Å²) in [4.78, 5) is 4.55. The van der Waals surface area contributed by atoms with Crippen LogP contribution in [0.25, 0.3) is 0 Å². The predicted molar refractivity (Wildman–Crippen MR) is 78.0 cm³/mol. The Morgan fingerprint density at radius 2 is 1.74 bits per heavy atom. The van der Waals surface area contributed by atoms with Crippen molar-refractivity contribution in [2.45, 2.75) is 13.3 Å². The molecule has 0 spiro atoms. The molecule has 4 nitrogen and oxygen atoms in total. The summed E-state index contributed by atoms with van der Waals surface area (Å²) in [7, 11) is 5.29. The summed E-state index contributed by atoms with van der Waals surface area (Å²) in [5.41, 5.74) is 2.12. The predicted octanol–water partition coefficient (Wildman–Crippen LogP) is 3.10. The number of nitrogens with zero attached hydrogens (tertiary/aromatic N) is 2. The van der Waals surface area contributed by atoms with E-state index in [-0.39, 0.29) is 0 Å². The average molecular weight is 325 g/mol. The van der Waals surface area contributed by atoms with Crippen LogP contribution in [-0.4, -0.2) is 23.8 Å². The molecule has 19 heavy (non-hydrogen) atoms. The van der Waals surface area contributed by atoms with Crippen LogP contribution in [0.2, 0.25) is 0 Å². The van der Waals surface area contributed by atoms with Crippen molar-refractivity contribution in [1.29, 1.82) is 0 Å². The van der Waals surface area contributed by atoms with Crippen molar-refractivity contribution < 1.29 is 9.47 Å². The molecular formula is C14H17BrN2O2. The van der Waals surface area contributed by atoms with Crippen LogP contribution in [0.4, 0.5) is 0 Å². The molecule has 0 amide bonds. The van der Waals surface area contributed by atoms with Gasteiger partial charge in [0.05, 0.1) is 19.9 Å². The lowest BCUT2D eigenvalue weighted by Crippen LogP contribution is -1.94. The molecule has 0 N–H and O–H groups in total. The number of benzene rings is 1. The lowest BCUT2D eigenvalue weighted by Gasteiger charge is -2.07. The van der Waals surface area contributed by atoms with Crippen LogP contribution in [0.3, 0.4) is 0 Å². The third-order valence-electron chi connectivity index (χ3n) is 3.10. The van der Waals surface area contributed by atoms with Crippen LogP contribution in [0, 0.1) is 6.92 Å². The highest BCUT2D eigenvalue weighted by Crippen LogP contribution is 2.26. The highest BCUT2D eigenvalue weighted by Gasteiger charge is 2.11. The van der Waals surface area contributed by atoms with E-state index in [1.807, 2.05) is 36.7 Å². The van der Waals surface area contributed by atoms with Crippen molar-refractivity contribution in [2.24, 2.45) is 7.05 Å². The van der Waals surface area contributed by atoms with E-state index in [4.69, 9.17) is 9.47 Å². The summed E-state index contributed by atoms with van der Waals surface area (Å²) < 4.78 is 13.6. The largest absolute Gasteiger partial charge is 0.497 e. The van der Waals surface area contributed by atoms with E-state index >= 15 is 0 Å². The summed E-state index contributed by atoms with van der Waals surface area (Å²) in [6, 6.07) is 5.86. The number of imidazole rings is 1. The smallest absolute Gasteiger partial charge is 0.122 e. The van der Waals surface area contributed by atoms with Crippen molar-refractivity contribution in [3.8, 4) is 11.5 Å². The number of aryl methyl sites for hydroxylation is 1. The van der Waals surface area contributed by atoms with Crippen molar-refractivity contribution in [2.75, 3.05) is 14.2 Å². The molecule has 2 rings (SSSR count). The molecule has 0 bridgehead atoms. The third-order valence-corrected chi connectivity index (χ3v) is 4.09. The Bertz CT molecular complexity index is 571. The quantitative estimate of drug-likeness (QED) is 0.867. The number of halogens is 1. The molecule has 0 unspecified atom stereocenters.